The van der Waals surface area contributed by atoms with Crippen molar-refractivity contribution in [2.75, 3.05) is 0 Å². The fourth-order valence-corrected chi connectivity index (χ4v) is 2.68. The number of amides is 1. The fourth-order valence-electron chi connectivity index (χ4n) is 2.68. The zero-order valence-corrected chi connectivity index (χ0v) is 14.5. The van der Waals surface area contributed by atoms with Gasteiger partial charge in [0.25, 0.3) is 5.91 Å². The summed E-state index contributed by atoms with van der Waals surface area (Å²) in [4.78, 5) is 12.8. The van der Waals surface area contributed by atoms with Crippen molar-refractivity contribution in [3.05, 3.63) is 71.8 Å². The lowest BCUT2D eigenvalue weighted by atomic mass is 9.91. The van der Waals surface area contributed by atoms with E-state index < -0.39 is 0 Å². The molecule has 0 saturated heterocycles. The van der Waals surface area contributed by atoms with Crippen LogP contribution in [0.25, 0.3) is 0 Å². The van der Waals surface area contributed by atoms with Crippen molar-refractivity contribution in [1.82, 2.24) is 5.43 Å². The molecule has 1 amide bonds. The summed E-state index contributed by atoms with van der Waals surface area (Å²) in [5.74, 6) is -0.435. The van der Waals surface area contributed by atoms with E-state index in [1.807, 2.05) is 60.7 Å². The van der Waals surface area contributed by atoms with E-state index in [4.69, 9.17) is 0 Å². The minimum Gasteiger partial charge on any atom is -0.272 e. The summed E-state index contributed by atoms with van der Waals surface area (Å²) < 4.78 is 0. The van der Waals surface area contributed by atoms with Gasteiger partial charge in [-0.1, -0.05) is 80.9 Å². The third kappa shape index (κ3) is 5.05. The highest BCUT2D eigenvalue weighted by molar-refractivity contribution is 5.90. The van der Waals surface area contributed by atoms with Crippen molar-refractivity contribution in [2.24, 2.45) is 5.10 Å². The number of carbonyl (C=O) groups excluding carboxylic acids is 1. The molecule has 0 heterocycles. The zero-order valence-electron chi connectivity index (χ0n) is 14.5. The summed E-state index contributed by atoms with van der Waals surface area (Å²) in [6.07, 6.45) is 4.03. The topological polar surface area (TPSA) is 41.5 Å². The highest BCUT2D eigenvalue weighted by atomic mass is 16.2. The number of hydrogen-bond donors (Lipinski definition) is 1. The molecule has 0 atom stereocenters. The monoisotopic (exact) mass is 322 g/mol. The summed E-state index contributed by atoms with van der Waals surface area (Å²) in [6.45, 7) is 4.24. The van der Waals surface area contributed by atoms with E-state index in [1.54, 1.807) is 0 Å². The normalized spacial score (nSPS) is 11.5. The fraction of sp³-hybridized carbons (Fsp3) is 0.333. The second-order valence-corrected chi connectivity index (χ2v) is 5.87. The molecule has 0 saturated carbocycles. The lowest BCUT2D eigenvalue weighted by molar-refractivity contribution is -0.121. The van der Waals surface area contributed by atoms with Crippen LogP contribution in [-0.2, 0) is 4.79 Å². The van der Waals surface area contributed by atoms with Gasteiger partial charge in [-0.3, -0.25) is 4.79 Å². The van der Waals surface area contributed by atoms with E-state index in [1.165, 1.54) is 0 Å². The largest absolute Gasteiger partial charge is 0.272 e. The zero-order chi connectivity index (χ0) is 17.2. The van der Waals surface area contributed by atoms with Crippen LogP contribution in [0.1, 0.15) is 56.6 Å². The second-order valence-electron chi connectivity index (χ2n) is 5.87. The Morgan fingerprint density at radius 3 is 1.96 bits per heavy atom. The van der Waals surface area contributed by atoms with Gasteiger partial charge < -0.3 is 0 Å². The van der Waals surface area contributed by atoms with E-state index in [0.717, 1.165) is 42.5 Å². The number of unbranched alkanes of at least 4 members (excludes halogenated alkanes) is 1. The first-order valence-electron chi connectivity index (χ1n) is 8.71. The van der Waals surface area contributed by atoms with Gasteiger partial charge in [0.1, 0.15) is 0 Å². The van der Waals surface area contributed by atoms with Crippen LogP contribution < -0.4 is 5.43 Å². The number of hydrogen-bond acceptors (Lipinski definition) is 2. The summed E-state index contributed by atoms with van der Waals surface area (Å²) in [6, 6.07) is 19.7. The van der Waals surface area contributed by atoms with Gasteiger partial charge >= 0.3 is 0 Å². The van der Waals surface area contributed by atoms with Crippen LogP contribution in [0.4, 0.5) is 0 Å². The predicted molar refractivity (Wildman–Crippen MR) is 100 cm³/mol. The Balaban J connectivity index is 2.21. The molecule has 126 valence electrons. The third-order valence-corrected chi connectivity index (χ3v) is 4.08. The second kappa shape index (κ2) is 9.66. The maximum Gasteiger partial charge on any atom is 0.252 e. The van der Waals surface area contributed by atoms with E-state index in [2.05, 4.69) is 24.4 Å². The molecule has 0 radical (unpaired) electrons. The number of nitrogens with one attached hydrogen (secondary N) is 1. The average molecular weight is 322 g/mol. The van der Waals surface area contributed by atoms with Crippen LogP contribution in [0, 0.1) is 0 Å². The molecular formula is C21H26N2O. The molecule has 24 heavy (non-hydrogen) atoms. The van der Waals surface area contributed by atoms with Crippen molar-refractivity contribution in [1.29, 1.82) is 0 Å². The lowest BCUT2D eigenvalue weighted by Gasteiger charge is -2.16. The van der Waals surface area contributed by atoms with E-state index in [0.29, 0.717) is 0 Å². The lowest BCUT2D eigenvalue weighted by Crippen LogP contribution is -2.27. The SMILES string of the molecule is CCCC/C(CC)=N/NC(=O)C(c1ccccc1)c1ccccc1. The first kappa shape index (κ1) is 17.9. The van der Waals surface area contributed by atoms with Crippen molar-refractivity contribution in [3.8, 4) is 0 Å². The Morgan fingerprint density at radius 1 is 0.958 bits per heavy atom. The molecule has 1 N–H and O–H groups in total. The van der Waals surface area contributed by atoms with Crippen molar-refractivity contribution in [2.45, 2.75) is 45.4 Å². The number of hydrazone groups is 1. The summed E-state index contributed by atoms with van der Waals surface area (Å²) >= 11 is 0. The van der Waals surface area contributed by atoms with Gasteiger partial charge in [0.2, 0.25) is 0 Å². The molecule has 3 nitrogen and oxygen atoms in total. The highest BCUT2D eigenvalue weighted by Gasteiger charge is 2.22. The maximum atomic E-state index is 12.8. The van der Waals surface area contributed by atoms with Crippen LogP contribution in [0.15, 0.2) is 65.8 Å². The molecule has 0 unspecified atom stereocenters. The molecular weight excluding hydrogens is 296 g/mol. The van der Waals surface area contributed by atoms with Crippen molar-refractivity contribution >= 4 is 11.6 Å². The number of nitrogens with zero attached hydrogens (tertiary/aromatic N) is 1. The molecule has 2 aromatic rings. The van der Waals surface area contributed by atoms with Gasteiger partial charge in [0.15, 0.2) is 0 Å². The minimum absolute atomic E-state index is 0.0881. The van der Waals surface area contributed by atoms with E-state index >= 15 is 0 Å². The molecule has 3 heteroatoms. The van der Waals surface area contributed by atoms with Crippen molar-refractivity contribution < 1.29 is 4.79 Å². The first-order valence-corrected chi connectivity index (χ1v) is 8.71. The Bertz CT molecular complexity index is 611. The Labute approximate surface area is 144 Å². The molecule has 0 aliphatic heterocycles. The molecule has 0 bridgehead atoms. The Kier molecular flexibility index (Phi) is 7.21. The van der Waals surface area contributed by atoms with E-state index in [9.17, 15) is 4.79 Å². The van der Waals surface area contributed by atoms with Crippen LogP contribution in [0.2, 0.25) is 0 Å². The predicted octanol–water partition coefficient (Wildman–Crippen LogP) is 4.89. The molecule has 0 aromatic heterocycles. The van der Waals surface area contributed by atoms with Crippen LogP contribution in [-0.4, -0.2) is 11.6 Å². The number of carbonyl (C=O) groups is 1. The molecule has 0 aliphatic carbocycles. The molecule has 0 aliphatic rings. The molecule has 0 spiro atoms. The minimum atomic E-state index is -0.347. The third-order valence-electron chi connectivity index (χ3n) is 4.08. The van der Waals surface area contributed by atoms with Gasteiger partial charge in [-0.05, 0) is 30.4 Å². The molecule has 2 rings (SSSR count). The van der Waals surface area contributed by atoms with Gasteiger partial charge in [-0.2, -0.15) is 5.10 Å². The molecule has 0 fully saturated rings. The quantitative estimate of drug-likeness (QED) is 0.545. The van der Waals surface area contributed by atoms with Crippen LogP contribution >= 0.6 is 0 Å². The highest BCUT2D eigenvalue weighted by Crippen LogP contribution is 2.24. The van der Waals surface area contributed by atoms with Gasteiger partial charge in [0, 0.05) is 5.71 Å². The summed E-state index contributed by atoms with van der Waals surface area (Å²) in [7, 11) is 0. The summed E-state index contributed by atoms with van der Waals surface area (Å²) in [5.41, 5.74) is 5.79. The smallest absolute Gasteiger partial charge is 0.252 e. The van der Waals surface area contributed by atoms with Gasteiger partial charge in [0.05, 0.1) is 5.92 Å². The van der Waals surface area contributed by atoms with Crippen LogP contribution in [0.3, 0.4) is 0 Å². The standard InChI is InChI=1S/C21H26N2O/c1-3-5-16-19(4-2)22-23-21(24)20(17-12-8-6-9-13-17)18-14-10-7-11-15-18/h6-15,20H,3-5,16H2,1-2H3,(H,23,24)/b22-19+. The van der Waals surface area contributed by atoms with E-state index in [-0.39, 0.29) is 11.8 Å². The van der Waals surface area contributed by atoms with Crippen LogP contribution in [0.5, 0.6) is 0 Å². The number of rotatable bonds is 8. The van der Waals surface area contributed by atoms with Gasteiger partial charge in [-0.15, -0.1) is 0 Å². The van der Waals surface area contributed by atoms with Crippen molar-refractivity contribution in [3.63, 3.8) is 0 Å². The average Bonchev–Trinajstić information content (AvgIpc) is 2.64. The number of benzene rings is 2. The first-order chi connectivity index (χ1) is 11.8. The Morgan fingerprint density at radius 2 is 1.50 bits per heavy atom. The van der Waals surface area contributed by atoms with Gasteiger partial charge in [-0.25, -0.2) is 5.43 Å². The summed E-state index contributed by atoms with van der Waals surface area (Å²) in [5, 5.41) is 4.37. The molecule has 2 aromatic carbocycles. The Hall–Kier alpha value is -2.42. The maximum absolute atomic E-state index is 12.8.